The minimum absolute atomic E-state index is 0.118. The zero-order valence-corrected chi connectivity index (χ0v) is 33.7. The van der Waals surface area contributed by atoms with E-state index in [1.165, 1.54) is 32.1 Å². The number of benzene rings is 2. The van der Waals surface area contributed by atoms with Crippen molar-refractivity contribution in [1.82, 2.24) is 20.6 Å². The number of halogens is 2. The van der Waals surface area contributed by atoms with Gasteiger partial charge in [-0.05, 0) is 85.0 Å². The van der Waals surface area contributed by atoms with Gasteiger partial charge in [0.25, 0.3) is 0 Å². The molecule has 3 N–H and O–H groups in total. The summed E-state index contributed by atoms with van der Waals surface area (Å²) in [5.41, 5.74) is 7.96. The van der Waals surface area contributed by atoms with E-state index < -0.39 is 11.9 Å². The van der Waals surface area contributed by atoms with Gasteiger partial charge in [0.15, 0.2) is 0 Å². The molecule has 0 unspecified atom stereocenters. The Kier molecular flexibility index (Phi) is 14.1. The fourth-order valence-corrected chi connectivity index (χ4v) is 8.28. The van der Waals surface area contributed by atoms with E-state index in [4.69, 9.17) is 42.1 Å². The Bertz CT molecular complexity index is 1950. The number of ether oxygens (including phenoxy) is 4. The molecule has 0 aliphatic heterocycles. The van der Waals surface area contributed by atoms with Gasteiger partial charge < -0.3 is 34.7 Å². The molecule has 2 aromatic heterocycles. The van der Waals surface area contributed by atoms with Gasteiger partial charge >= 0.3 is 5.97 Å². The van der Waals surface area contributed by atoms with Gasteiger partial charge in [-0.1, -0.05) is 91.7 Å². The smallest absolute Gasteiger partial charge is 0.308 e. The lowest BCUT2D eigenvalue weighted by Gasteiger charge is -2.29. The number of hydrogen-bond acceptors (Lipinski definition) is 9. The zero-order chi connectivity index (χ0) is 38.9. The summed E-state index contributed by atoms with van der Waals surface area (Å²) in [6.45, 7) is 5.74. The minimum atomic E-state index is -0.765. The molecule has 55 heavy (non-hydrogen) atoms. The zero-order valence-electron chi connectivity index (χ0n) is 32.2. The second kappa shape index (κ2) is 19.2. The van der Waals surface area contributed by atoms with Gasteiger partial charge in [-0.2, -0.15) is 9.97 Å². The van der Waals surface area contributed by atoms with Crippen molar-refractivity contribution in [3.8, 4) is 34.6 Å². The van der Waals surface area contributed by atoms with E-state index in [0.29, 0.717) is 53.2 Å². The minimum Gasteiger partial charge on any atom is -0.481 e. The van der Waals surface area contributed by atoms with Crippen molar-refractivity contribution in [3.05, 3.63) is 92.0 Å². The summed E-state index contributed by atoms with van der Waals surface area (Å²) in [6, 6.07) is 16.4. The number of methoxy groups -OCH3 is 2. The molecule has 0 spiro atoms. The highest BCUT2D eigenvalue weighted by atomic mass is 35.5. The molecule has 0 amide bonds. The Morgan fingerprint density at radius 1 is 0.691 bits per heavy atom. The first kappa shape index (κ1) is 40.6. The lowest BCUT2D eigenvalue weighted by atomic mass is 9.84. The van der Waals surface area contributed by atoms with Crippen LogP contribution >= 0.6 is 23.2 Å². The van der Waals surface area contributed by atoms with E-state index in [1.807, 2.05) is 24.3 Å². The molecule has 6 rings (SSSR count). The van der Waals surface area contributed by atoms with Crippen LogP contribution in [0.4, 0.5) is 0 Å². The number of hydrogen-bond donors (Lipinski definition) is 3. The summed E-state index contributed by atoms with van der Waals surface area (Å²) in [4.78, 5) is 21.0. The van der Waals surface area contributed by atoms with E-state index in [0.717, 1.165) is 63.8 Å². The Morgan fingerprint density at radius 2 is 1.18 bits per heavy atom. The molecule has 2 aliphatic carbocycles. The molecular formula is C43H52Cl2N4O6. The van der Waals surface area contributed by atoms with Gasteiger partial charge in [0.1, 0.15) is 23.3 Å². The third-order valence-electron chi connectivity index (χ3n) is 11.1. The van der Waals surface area contributed by atoms with Crippen molar-refractivity contribution in [2.24, 2.45) is 5.92 Å². The number of carbonyl (C=O) groups is 1. The lowest BCUT2D eigenvalue weighted by molar-refractivity contribution is -0.143. The van der Waals surface area contributed by atoms with E-state index in [9.17, 15) is 9.90 Å². The predicted molar refractivity (Wildman–Crippen MR) is 216 cm³/mol. The van der Waals surface area contributed by atoms with Crippen LogP contribution in [-0.2, 0) is 31.1 Å². The quantitative estimate of drug-likeness (QED) is 0.101. The summed E-state index contributed by atoms with van der Waals surface area (Å²) < 4.78 is 23.6. The first-order valence-corrected chi connectivity index (χ1v) is 20.0. The Hall–Kier alpha value is -4.09. The van der Waals surface area contributed by atoms with Crippen molar-refractivity contribution < 1.29 is 28.8 Å². The second-order valence-electron chi connectivity index (χ2n) is 14.6. The van der Waals surface area contributed by atoms with E-state index in [2.05, 4.69) is 52.6 Å². The van der Waals surface area contributed by atoms with Crippen molar-refractivity contribution in [2.45, 2.75) is 110 Å². The van der Waals surface area contributed by atoms with Crippen molar-refractivity contribution in [1.29, 1.82) is 0 Å². The van der Waals surface area contributed by atoms with Gasteiger partial charge in [0, 0.05) is 36.3 Å². The number of rotatable bonds is 16. The molecule has 2 atom stereocenters. The molecular weight excluding hydrogens is 739 g/mol. The highest BCUT2D eigenvalue weighted by Crippen LogP contribution is 2.35. The molecule has 12 heteroatoms. The highest BCUT2D eigenvalue weighted by Gasteiger charge is 2.30. The standard InChI is InChI=1S/C43H52Cl2N4O6/c1-26-28(24-54-41-36(44)20-30(39(48-41)52-3)22-46-32-14-6-5-7-15-32)12-10-17-33(26)34-18-11-13-29(27(34)2)25-55-42-37(45)21-31(40(49-42)53-4)23-47-38-19-9-8-16-35(38)43(50)51/h10-13,17-18,20-21,32,35,38,46-47H,5-9,14-16,19,22-25H2,1-4H3,(H,50,51)/t35-,38-/m0/s1. The van der Waals surface area contributed by atoms with Crippen molar-refractivity contribution >= 4 is 29.2 Å². The molecule has 0 saturated heterocycles. The molecule has 0 radical (unpaired) electrons. The molecule has 4 aromatic rings. The van der Waals surface area contributed by atoms with Crippen LogP contribution in [0.15, 0.2) is 48.5 Å². The third kappa shape index (κ3) is 10.0. The summed E-state index contributed by atoms with van der Waals surface area (Å²) in [6.07, 6.45) is 9.64. The summed E-state index contributed by atoms with van der Waals surface area (Å²) in [5, 5.41) is 17.5. The molecule has 2 heterocycles. The summed E-state index contributed by atoms with van der Waals surface area (Å²) in [7, 11) is 3.17. The van der Waals surface area contributed by atoms with Gasteiger partial charge in [-0.15, -0.1) is 0 Å². The monoisotopic (exact) mass is 790 g/mol. The fourth-order valence-electron chi connectivity index (χ4n) is 7.83. The van der Waals surface area contributed by atoms with Crippen molar-refractivity contribution in [3.63, 3.8) is 0 Å². The number of carboxylic acids is 1. The Morgan fingerprint density at radius 3 is 1.69 bits per heavy atom. The first-order chi connectivity index (χ1) is 26.7. The van der Waals surface area contributed by atoms with Crippen LogP contribution in [0.25, 0.3) is 11.1 Å². The van der Waals surface area contributed by atoms with Crippen LogP contribution in [0.3, 0.4) is 0 Å². The number of nitrogens with zero attached hydrogens (tertiary/aromatic N) is 2. The number of carboxylic acid groups (broad SMARTS) is 1. The van der Waals surface area contributed by atoms with Crippen LogP contribution in [0.5, 0.6) is 23.5 Å². The third-order valence-corrected chi connectivity index (χ3v) is 11.6. The molecule has 0 bridgehead atoms. The van der Waals surface area contributed by atoms with Gasteiger partial charge in [-0.3, -0.25) is 4.79 Å². The maximum Gasteiger partial charge on any atom is 0.308 e. The number of pyridine rings is 2. The fraction of sp³-hybridized carbons (Fsp3) is 0.465. The maximum atomic E-state index is 11.8. The van der Waals surface area contributed by atoms with Crippen LogP contribution in [0.1, 0.15) is 91.2 Å². The van der Waals surface area contributed by atoms with E-state index in [-0.39, 0.29) is 25.1 Å². The number of nitrogens with one attached hydrogen (secondary N) is 2. The van der Waals surface area contributed by atoms with Crippen LogP contribution < -0.4 is 29.6 Å². The lowest BCUT2D eigenvalue weighted by Crippen LogP contribution is -2.41. The van der Waals surface area contributed by atoms with Gasteiger partial charge in [0.2, 0.25) is 23.5 Å². The topological polar surface area (TPSA) is 124 Å². The molecule has 2 aliphatic rings. The van der Waals surface area contributed by atoms with Crippen LogP contribution in [-0.4, -0.2) is 47.3 Å². The average Bonchev–Trinajstić information content (AvgIpc) is 3.20. The predicted octanol–water partition coefficient (Wildman–Crippen LogP) is 9.40. The molecule has 294 valence electrons. The Balaban J connectivity index is 1.11. The highest BCUT2D eigenvalue weighted by molar-refractivity contribution is 6.32. The maximum absolute atomic E-state index is 11.8. The van der Waals surface area contributed by atoms with Crippen LogP contribution in [0, 0.1) is 19.8 Å². The van der Waals surface area contributed by atoms with Gasteiger partial charge in [0.05, 0.1) is 20.1 Å². The van der Waals surface area contributed by atoms with E-state index >= 15 is 0 Å². The largest absolute Gasteiger partial charge is 0.481 e. The first-order valence-electron chi connectivity index (χ1n) is 19.3. The molecule has 2 fully saturated rings. The second-order valence-corrected chi connectivity index (χ2v) is 15.4. The summed E-state index contributed by atoms with van der Waals surface area (Å²) >= 11 is 13.4. The summed E-state index contributed by atoms with van der Waals surface area (Å²) in [5.74, 6) is 0.319. The van der Waals surface area contributed by atoms with Crippen molar-refractivity contribution in [2.75, 3.05) is 14.2 Å². The van der Waals surface area contributed by atoms with E-state index in [1.54, 1.807) is 20.3 Å². The molecule has 2 saturated carbocycles. The molecule has 10 nitrogen and oxygen atoms in total. The average molecular weight is 792 g/mol. The van der Waals surface area contributed by atoms with Crippen LogP contribution in [0.2, 0.25) is 10.0 Å². The molecule has 2 aromatic carbocycles. The van der Waals surface area contributed by atoms with Gasteiger partial charge in [-0.25, -0.2) is 0 Å². The number of aliphatic carboxylic acids is 1. The SMILES string of the molecule is COc1nc(OCc2cccc(-c3cccc(COc4nc(OC)c(CN[C@H]5CCCC[C@@H]5C(=O)O)cc4Cl)c3C)c2C)c(Cl)cc1CNC1CCCCC1. The number of aromatic nitrogens is 2. The normalized spacial score (nSPS) is 17.5. The Labute approximate surface area is 334 Å².